The zero-order chi connectivity index (χ0) is 33.8. The summed E-state index contributed by atoms with van der Waals surface area (Å²) >= 11 is 0. The van der Waals surface area contributed by atoms with Crippen LogP contribution in [0.2, 0.25) is 0 Å². The summed E-state index contributed by atoms with van der Waals surface area (Å²) in [7, 11) is 0. The first-order valence-electron chi connectivity index (χ1n) is 15.9. The average molecular weight is 647 g/mol. The van der Waals surface area contributed by atoms with Gasteiger partial charge in [-0.3, -0.25) is 39.9 Å². The molecule has 4 heterocycles. The SMILES string of the molecule is C(=Nc1cc(N=Cc2ccccn2)cc(-c2ccc(-c3cc(N=Cc4ccccn4)cc(N=Cc4ccccn4)c3)cc2)c1)c1ccccn1. The first-order chi connectivity index (χ1) is 24.7. The molecular formula is C42H30N8. The van der Waals surface area contributed by atoms with Crippen LogP contribution in [0.25, 0.3) is 22.3 Å². The van der Waals surface area contributed by atoms with Crippen molar-refractivity contribution in [3.05, 3.63) is 181 Å². The Balaban J connectivity index is 1.22. The summed E-state index contributed by atoms with van der Waals surface area (Å²) in [5, 5.41) is 0. The maximum absolute atomic E-state index is 4.73. The van der Waals surface area contributed by atoms with Gasteiger partial charge in [0.1, 0.15) is 0 Å². The Bertz CT molecular complexity index is 1980. The van der Waals surface area contributed by atoms with Gasteiger partial charge in [-0.1, -0.05) is 48.5 Å². The average Bonchev–Trinajstić information content (AvgIpc) is 3.19. The smallest absolute Gasteiger partial charge is 0.0812 e. The van der Waals surface area contributed by atoms with Crippen LogP contribution in [0, 0.1) is 0 Å². The quantitative estimate of drug-likeness (QED) is 0.138. The molecule has 0 atom stereocenters. The Hall–Kier alpha value is -7.06. The lowest BCUT2D eigenvalue weighted by Gasteiger charge is -2.09. The van der Waals surface area contributed by atoms with E-state index in [0.717, 1.165) is 67.8 Å². The van der Waals surface area contributed by atoms with Gasteiger partial charge in [0.05, 0.1) is 70.4 Å². The van der Waals surface area contributed by atoms with Crippen LogP contribution in [0.4, 0.5) is 22.7 Å². The minimum Gasteiger partial charge on any atom is -0.255 e. The van der Waals surface area contributed by atoms with Gasteiger partial charge in [-0.05, 0) is 107 Å². The predicted octanol–water partition coefficient (Wildman–Crippen LogP) is 9.60. The summed E-state index contributed by atoms with van der Waals surface area (Å²) in [6.45, 7) is 0. The summed E-state index contributed by atoms with van der Waals surface area (Å²) in [6.07, 6.45) is 14.0. The summed E-state index contributed by atoms with van der Waals surface area (Å²) in [5.74, 6) is 0. The number of benzene rings is 3. The molecule has 8 nitrogen and oxygen atoms in total. The topological polar surface area (TPSA) is 101 Å². The second kappa shape index (κ2) is 15.7. The first-order valence-corrected chi connectivity index (χ1v) is 15.9. The second-order valence-electron chi connectivity index (χ2n) is 11.1. The molecule has 238 valence electrons. The molecular weight excluding hydrogens is 617 g/mol. The van der Waals surface area contributed by atoms with Gasteiger partial charge in [0, 0.05) is 24.8 Å². The van der Waals surface area contributed by atoms with Crippen molar-refractivity contribution in [1.29, 1.82) is 0 Å². The van der Waals surface area contributed by atoms with Crippen molar-refractivity contribution in [3.63, 3.8) is 0 Å². The molecule has 4 aromatic heterocycles. The zero-order valence-electron chi connectivity index (χ0n) is 26.9. The van der Waals surface area contributed by atoms with E-state index >= 15 is 0 Å². The molecule has 0 saturated heterocycles. The molecule has 7 rings (SSSR count). The number of hydrogen-bond acceptors (Lipinski definition) is 8. The first kappa shape index (κ1) is 31.5. The Morgan fingerprint density at radius 2 is 0.580 bits per heavy atom. The molecule has 3 aromatic carbocycles. The molecule has 0 amide bonds. The van der Waals surface area contributed by atoms with Crippen molar-refractivity contribution in [2.75, 3.05) is 0 Å². The Morgan fingerprint density at radius 1 is 0.300 bits per heavy atom. The molecule has 0 unspecified atom stereocenters. The van der Waals surface area contributed by atoms with Gasteiger partial charge in [-0.2, -0.15) is 0 Å². The Morgan fingerprint density at radius 3 is 0.820 bits per heavy atom. The Kier molecular flexibility index (Phi) is 9.89. The van der Waals surface area contributed by atoms with Crippen LogP contribution in [0.5, 0.6) is 0 Å². The van der Waals surface area contributed by atoms with Crippen molar-refractivity contribution >= 4 is 47.6 Å². The fourth-order valence-corrected chi connectivity index (χ4v) is 5.05. The molecule has 7 aromatic rings. The van der Waals surface area contributed by atoms with Crippen LogP contribution in [0.15, 0.2) is 178 Å². The molecule has 0 N–H and O–H groups in total. The van der Waals surface area contributed by atoms with Crippen molar-refractivity contribution in [3.8, 4) is 22.3 Å². The minimum absolute atomic E-state index is 0.763. The molecule has 0 aliphatic heterocycles. The molecule has 0 spiro atoms. The van der Waals surface area contributed by atoms with Crippen molar-refractivity contribution < 1.29 is 0 Å². The molecule has 8 heteroatoms. The summed E-state index contributed by atoms with van der Waals surface area (Å²) in [6, 6.07) is 43.4. The largest absolute Gasteiger partial charge is 0.255 e. The predicted molar refractivity (Wildman–Crippen MR) is 203 cm³/mol. The van der Waals surface area contributed by atoms with E-state index < -0.39 is 0 Å². The standard InChI is InChI=1S/C42H30N8/c1-5-17-43-35(9-1)27-47-39-21-33(22-40(25-39)48-28-36-10-2-6-18-44-36)31-13-15-32(16-14-31)34-23-41(49-29-37-11-3-7-19-45-37)26-42(24-34)50-30-38-12-4-8-20-46-38/h1-30H. The summed E-state index contributed by atoms with van der Waals surface area (Å²) < 4.78 is 0. The minimum atomic E-state index is 0.763. The highest BCUT2D eigenvalue weighted by Gasteiger charge is 2.07. The Labute approximate surface area is 290 Å². The fraction of sp³-hybridized carbons (Fsp3) is 0. The van der Waals surface area contributed by atoms with Crippen molar-refractivity contribution in [1.82, 2.24) is 19.9 Å². The third kappa shape index (κ3) is 8.64. The lowest BCUT2D eigenvalue weighted by molar-refractivity contribution is 1.30. The molecule has 0 bridgehead atoms. The van der Waals surface area contributed by atoms with Crippen molar-refractivity contribution in [2.24, 2.45) is 20.0 Å². The monoisotopic (exact) mass is 646 g/mol. The van der Waals surface area contributed by atoms with Crippen LogP contribution in [0.1, 0.15) is 22.8 Å². The van der Waals surface area contributed by atoms with E-state index in [4.69, 9.17) is 20.0 Å². The van der Waals surface area contributed by atoms with Gasteiger partial charge in [0.2, 0.25) is 0 Å². The molecule has 0 radical (unpaired) electrons. The van der Waals surface area contributed by atoms with E-state index in [1.807, 2.05) is 109 Å². The second-order valence-corrected chi connectivity index (χ2v) is 11.1. The van der Waals surface area contributed by atoms with E-state index in [9.17, 15) is 0 Å². The number of pyridine rings is 4. The number of nitrogens with zero attached hydrogens (tertiary/aromatic N) is 8. The summed E-state index contributed by atoms with van der Waals surface area (Å²) in [4.78, 5) is 36.4. The molecule has 50 heavy (non-hydrogen) atoms. The zero-order valence-corrected chi connectivity index (χ0v) is 26.9. The fourth-order valence-electron chi connectivity index (χ4n) is 5.05. The van der Waals surface area contributed by atoms with Crippen LogP contribution in [-0.2, 0) is 0 Å². The number of hydrogen-bond donors (Lipinski definition) is 0. The van der Waals surface area contributed by atoms with Gasteiger partial charge >= 0.3 is 0 Å². The van der Waals surface area contributed by atoms with Crippen LogP contribution in [-0.4, -0.2) is 44.8 Å². The van der Waals surface area contributed by atoms with Gasteiger partial charge in [-0.15, -0.1) is 0 Å². The lowest BCUT2D eigenvalue weighted by Crippen LogP contribution is -1.86. The molecule has 0 fully saturated rings. The van der Waals surface area contributed by atoms with E-state index in [1.165, 1.54) is 0 Å². The number of rotatable bonds is 10. The van der Waals surface area contributed by atoms with Crippen LogP contribution in [0.3, 0.4) is 0 Å². The van der Waals surface area contributed by atoms with Gasteiger partial charge in [0.25, 0.3) is 0 Å². The highest BCUT2D eigenvalue weighted by molar-refractivity contribution is 5.86. The van der Waals surface area contributed by atoms with Gasteiger partial charge < -0.3 is 0 Å². The maximum Gasteiger partial charge on any atom is 0.0812 e. The van der Waals surface area contributed by atoms with E-state index in [2.05, 4.69) is 44.2 Å². The number of aliphatic imine (C=N–C) groups is 4. The maximum atomic E-state index is 4.73. The van der Waals surface area contributed by atoms with E-state index in [1.54, 1.807) is 49.6 Å². The molecule has 0 aliphatic carbocycles. The van der Waals surface area contributed by atoms with Crippen LogP contribution >= 0.6 is 0 Å². The van der Waals surface area contributed by atoms with Crippen molar-refractivity contribution in [2.45, 2.75) is 0 Å². The third-order valence-corrected chi connectivity index (χ3v) is 7.49. The van der Waals surface area contributed by atoms with Gasteiger partial charge in [-0.25, -0.2) is 0 Å². The molecule has 0 saturated carbocycles. The summed E-state index contributed by atoms with van der Waals surface area (Å²) in [5.41, 5.74) is 10.2. The molecule has 0 aliphatic rings. The highest BCUT2D eigenvalue weighted by Crippen LogP contribution is 2.34. The van der Waals surface area contributed by atoms with Crippen LogP contribution < -0.4 is 0 Å². The lowest BCUT2D eigenvalue weighted by atomic mass is 9.99. The van der Waals surface area contributed by atoms with Gasteiger partial charge in [0.15, 0.2) is 0 Å². The highest BCUT2D eigenvalue weighted by atomic mass is 14.8. The van der Waals surface area contributed by atoms with E-state index in [-0.39, 0.29) is 0 Å². The van der Waals surface area contributed by atoms with E-state index in [0.29, 0.717) is 0 Å². The normalized spacial score (nSPS) is 11.7. The number of aromatic nitrogens is 4. The third-order valence-electron chi connectivity index (χ3n) is 7.49.